The van der Waals surface area contributed by atoms with Gasteiger partial charge in [0.1, 0.15) is 17.9 Å². The summed E-state index contributed by atoms with van der Waals surface area (Å²) in [5, 5.41) is 0. The van der Waals surface area contributed by atoms with Crippen LogP contribution in [-0.4, -0.2) is 55.0 Å². The van der Waals surface area contributed by atoms with Gasteiger partial charge in [0.2, 0.25) is 5.91 Å². The molecule has 3 rings (SSSR count). The summed E-state index contributed by atoms with van der Waals surface area (Å²) >= 11 is 0. The molecule has 1 saturated heterocycles. The predicted molar refractivity (Wildman–Crippen MR) is 117 cm³/mol. The molecule has 1 heterocycles. The summed E-state index contributed by atoms with van der Waals surface area (Å²) in [5.74, 6) is 0.881. The molecule has 1 fully saturated rings. The van der Waals surface area contributed by atoms with Crippen LogP contribution in [0.2, 0.25) is 0 Å². The van der Waals surface area contributed by atoms with Crippen LogP contribution in [0, 0.1) is 0 Å². The topological polar surface area (TPSA) is 58.8 Å². The first kappa shape index (κ1) is 24.2. The fraction of sp³-hybridized carbons (Fsp3) is 0.381. The minimum atomic E-state index is -0.986. The van der Waals surface area contributed by atoms with Gasteiger partial charge in [0, 0.05) is 32.7 Å². The van der Waals surface area contributed by atoms with Gasteiger partial charge in [-0.1, -0.05) is 48.5 Å². The van der Waals surface area contributed by atoms with Crippen LogP contribution in [0.1, 0.15) is 12.5 Å². The third-order valence-electron chi connectivity index (χ3n) is 4.90. The van der Waals surface area contributed by atoms with E-state index >= 15 is 0 Å². The second-order valence-corrected chi connectivity index (χ2v) is 6.86. The van der Waals surface area contributed by atoms with Crippen molar-refractivity contribution in [2.24, 2.45) is 5.73 Å². The Morgan fingerprint density at radius 2 is 1.50 bits per heavy atom. The molecule has 1 atom stereocenters. The Kier molecular flexibility index (Phi) is 9.76. The van der Waals surface area contributed by atoms with Crippen LogP contribution in [0.4, 0.5) is 0 Å². The maximum absolute atomic E-state index is 12.9. The van der Waals surface area contributed by atoms with E-state index in [4.69, 9.17) is 10.5 Å². The summed E-state index contributed by atoms with van der Waals surface area (Å²) in [5.41, 5.74) is 6.23. The van der Waals surface area contributed by atoms with Gasteiger partial charge in [0.15, 0.2) is 0 Å². The summed E-state index contributed by atoms with van der Waals surface area (Å²) in [4.78, 5) is 17.1. The van der Waals surface area contributed by atoms with Gasteiger partial charge in [0.25, 0.3) is 0 Å². The molecule has 2 aromatic rings. The zero-order chi connectivity index (χ0) is 18.4. The quantitative estimate of drug-likeness (QED) is 0.772. The van der Waals surface area contributed by atoms with E-state index in [2.05, 4.69) is 4.90 Å². The standard InChI is InChI=1S/C21H27N3O2.2ClH/c1-21(22,18-8-4-2-5-9-18)20(25)24-14-12-23(13-15-24)16-17-26-19-10-6-3-7-11-19;;/h2-11H,12-17,22H2,1H3;2*1H. The third-order valence-corrected chi connectivity index (χ3v) is 4.90. The van der Waals surface area contributed by atoms with Gasteiger partial charge >= 0.3 is 0 Å². The Labute approximate surface area is 179 Å². The first-order valence-corrected chi connectivity index (χ1v) is 9.11. The van der Waals surface area contributed by atoms with Crippen molar-refractivity contribution in [3.8, 4) is 5.75 Å². The third kappa shape index (κ3) is 6.11. The van der Waals surface area contributed by atoms with Crippen LogP contribution < -0.4 is 10.5 Å². The number of amides is 1. The number of benzene rings is 2. The van der Waals surface area contributed by atoms with Crippen LogP contribution >= 0.6 is 24.8 Å². The molecule has 5 nitrogen and oxygen atoms in total. The zero-order valence-electron chi connectivity index (χ0n) is 16.1. The number of para-hydroxylation sites is 1. The molecule has 7 heteroatoms. The average molecular weight is 426 g/mol. The Morgan fingerprint density at radius 1 is 0.964 bits per heavy atom. The monoisotopic (exact) mass is 425 g/mol. The molecule has 1 aliphatic rings. The second-order valence-electron chi connectivity index (χ2n) is 6.86. The van der Waals surface area contributed by atoms with Gasteiger partial charge in [-0.05, 0) is 24.6 Å². The van der Waals surface area contributed by atoms with Crippen molar-refractivity contribution >= 4 is 30.7 Å². The molecule has 154 valence electrons. The molecule has 28 heavy (non-hydrogen) atoms. The molecular formula is C21H29Cl2N3O2. The first-order valence-electron chi connectivity index (χ1n) is 9.11. The highest BCUT2D eigenvalue weighted by Crippen LogP contribution is 2.21. The van der Waals surface area contributed by atoms with E-state index in [1.165, 1.54) is 0 Å². The Bertz CT molecular complexity index is 706. The second kappa shape index (κ2) is 11.3. The molecule has 2 aromatic carbocycles. The van der Waals surface area contributed by atoms with Gasteiger partial charge in [-0.25, -0.2) is 0 Å². The molecule has 0 aliphatic carbocycles. The first-order chi connectivity index (χ1) is 12.6. The lowest BCUT2D eigenvalue weighted by Gasteiger charge is -2.38. The Morgan fingerprint density at radius 3 is 2.07 bits per heavy atom. The number of piperazine rings is 1. The summed E-state index contributed by atoms with van der Waals surface area (Å²) < 4.78 is 5.75. The van der Waals surface area contributed by atoms with Gasteiger partial charge < -0.3 is 15.4 Å². The summed E-state index contributed by atoms with van der Waals surface area (Å²) in [6.07, 6.45) is 0. The number of carbonyl (C=O) groups is 1. The molecule has 1 amide bonds. The number of nitrogens with two attached hydrogens (primary N) is 1. The molecule has 1 aliphatic heterocycles. The largest absolute Gasteiger partial charge is 0.492 e. The number of ether oxygens (including phenoxy) is 1. The maximum atomic E-state index is 12.9. The van der Waals surface area contributed by atoms with Crippen molar-refractivity contribution in [1.82, 2.24) is 9.80 Å². The SMILES string of the molecule is CC(N)(C(=O)N1CCN(CCOc2ccccc2)CC1)c1ccccc1.Cl.Cl. The smallest absolute Gasteiger partial charge is 0.247 e. The zero-order valence-corrected chi connectivity index (χ0v) is 17.8. The number of carbonyl (C=O) groups excluding carboxylic acids is 1. The van der Waals surface area contributed by atoms with E-state index in [9.17, 15) is 4.79 Å². The molecule has 0 spiro atoms. The van der Waals surface area contributed by atoms with E-state index in [1.807, 2.05) is 65.6 Å². The van der Waals surface area contributed by atoms with Crippen LogP contribution in [0.15, 0.2) is 60.7 Å². The molecule has 0 radical (unpaired) electrons. The van der Waals surface area contributed by atoms with Gasteiger partial charge in [0.05, 0.1) is 0 Å². The maximum Gasteiger partial charge on any atom is 0.247 e. The normalized spacial score (nSPS) is 16.3. The highest BCUT2D eigenvalue weighted by molar-refractivity contribution is 5.87. The molecule has 0 bridgehead atoms. The van der Waals surface area contributed by atoms with Gasteiger partial charge in [-0.15, -0.1) is 24.8 Å². The number of nitrogens with zero attached hydrogens (tertiary/aromatic N) is 2. The van der Waals surface area contributed by atoms with E-state index in [0.717, 1.165) is 30.9 Å². The molecule has 1 unspecified atom stereocenters. The van der Waals surface area contributed by atoms with Crippen molar-refractivity contribution in [3.05, 3.63) is 66.2 Å². The van der Waals surface area contributed by atoms with E-state index in [1.54, 1.807) is 6.92 Å². The minimum absolute atomic E-state index is 0. The molecular weight excluding hydrogens is 397 g/mol. The highest BCUT2D eigenvalue weighted by Gasteiger charge is 2.35. The van der Waals surface area contributed by atoms with Gasteiger partial charge in [-0.3, -0.25) is 9.69 Å². The van der Waals surface area contributed by atoms with Crippen LogP contribution in [0.5, 0.6) is 5.75 Å². The van der Waals surface area contributed by atoms with Crippen molar-refractivity contribution in [2.45, 2.75) is 12.5 Å². The van der Waals surface area contributed by atoms with E-state index < -0.39 is 5.54 Å². The van der Waals surface area contributed by atoms with E-state index in [0.29, 0.717) is 19.7 Å². The number of rotatable bonds is 6. The minimum Gasteiger partial charge on any atom is -0.492 e. The number of hydrogen-bond donors (Lipinski definition) is 1. The van der Waals surface area contributed by atoms with Crippen LogP contribution in [0.3, 0.4) is 0 Å². The van der Waals surface area contributed by atoms with Crippen molar-refractivity contribution in [2.75, 3.05) is 39.3 Å². The number of hydrogen-bond acceptors (Lipinski definition) is 4. The lowest BCUT2D eigenvalue weighted by atomic mass is 9.91. The Balaban J connectivity index is 0.00000196. The molecule has 2 N–H and O–H groups in total. The van der Waals surface area contributed by atoms with Crippen molar-refractivity contribution in [3.63, 3.8) is 0 Å². The predicted octanol–water partition coefficient (Wildman–Crippen LogP) is 2.93. The number of halogens is 2. The summed E-state index contributed by atoms with van der Waals surface area (Å²) in [6.45, 7) is 6.38. The van der Waals surface area contributed by atoms with E-state index in [-0.39, 0.29) is 30.7 Å². The Hall–Kier alpha value is -1.79. The fourth-order valence-electron chi connectivity index (χ4n) is 3.22. The average Bonchev–Trinajstić information content (AvgIpc) is 2.69. The fourth-order valence-corrected chi connectivity index (χ4v) is 3.22. The van der Waals surface area contributed by atoms with Crippen molar-refractivity contribution in [1.29, 1.82) is 0 Å². The summed E-state index contributed by atoms with van der Waals surface area (Å²) in [7, 11) is 0. The van der Waals surface area contributed by atoms with Crippen LogP contribution in [0.25, 0.3) is 0 Å². The van der Waals surface area contributed by atoms with Crippen LogP contribution in [-0.2, 0) is 10.3 Å². The van der Waals surface area contributed by atoms with Gasteiger partial charge in [-0.2, -0.15) is 0 Å². The highest BCUT2D eigenvalue weighted by atomic mass is 35.5. The lowest BCUT2D eigenvalue weighted by molar-refractivity contribution is -0.138. The summed E-state index contributed by atoms with van der Waals surface area (Å²) in [6, 6.07) is 19.4. The molecule has 0 aromatic heterocycles. The molecule has 0 saturated carbocycles. The van der Waals surface area contributed by atoms with Crippen molar-refractivity contribution < 1.29 is 9.53 Å². The lowest BCUT2D eigenvalue weighted by Crippen LogP contribution is -2.57.